The molecule has 0 radical (unpaired) electrons. The molecule has 0 N–H and O–H groups in total. The zero-order valence-electron chi connectivity index (χ0n) is 11.9. The topological polar surface area (TPSA) is 29.5 Å². The summed E-state index contributed by atoms with van der Waals surface area (Å²) in [6.45, 7) is 7.23. The van der Waals surface area contributed by atoms with Gasteiger partial charge in [0.25, 0.3) is 0 Å². The molecule has 1 rings (SSSR count). The number of ether oxygens (including phenoxy) is 1. The van der Waals surface area contributed by atoms with Crippen molar-refractivity contribution in [1.29, 1.82) is 0 Å². The van der Waals surface area contributed by atoms with Gasteiger partial charge >= 0.3 is 6.09 Å². The molecule has 0 heterocycles. The first kappa shape index (κ1) is 15.7. The fraction of sp³-hybridized carbons (Fsp3) is 0.929. The molecule has 0 unspecified atom stereocenters. The second-order valence-corrected chi connectivity index (χ2v) is 6.60. The van der Waals surface area contributed by atoms with Crippen molar-refractivity contribution in [3.63, 3.8) is 0 Å². The molecule has 1 saturated carbocycles. The molecule has 1 fully saturated rings. The SMILES string of the molecule is CC(C)(C)OC(=O)N(CCS)CC1CCCCC1. The van der Waals surface area contributed by atoms with E-state index in [1.54, 1.807) is 0 Å². The van der Waals surface area contributed by atoms with Gasteiger partial charge in [0.05, 0.1) is 0 Å². The highest BCUT2D eigenvalue weighted by Crippen LogP contribution is 2.25. The van der Waals surface area contributed by atoms with Gasteiger partial charge in [0, 0.05) is 18.8 Å². The van der Waals surface area contributed by atoms with Crippen LogP contribution in [0.1, 0.15) is 52.9 Å². The van der Waals surface area contributed by atoms with Gasteiger partial charge in [-0.15, -0.1) is 0 Å². The lowest BCUT2D eigenvalue weighted by atomic mass is 9.89. The number of thiol groups is 1. The van der Waals surface area contributed by atoms with E-state index in [0.29, 0.717) is 18.2 Å². The van der Waals surface area contributed by atoms with Crippen LogP contribution in [0.2, 0.25) is 0 Å². The Balaban J connectivity index is 2.49. The molecule has 4 heteroatoms. The van der Waals surface area contributed by atoms with Crippen molar-refractivity contribution >= 4 is 18.7 Å². The van der Waals surface area contributed by atoms with Gasteiger partial charge in [0.15, 0.2) is 0 Å². The minimum absolute atomic E-state index is 0.192. The highest BCUT2D eigenvalue weighted by atomic mass is 32.1. The molecule has 0 atom stereocenters. The van der Waals surface area contributed by atoms with Gasteiger partial charge in [0.2, 0.25) is 0 Å². The summed E-state index contributed by atoms with van der Waals surface area (Å²) in [5.41, 5.74) is -0.418. The lowest BCUT2D eigenvalue weighted by Crippen LogP contribution is -2.41. The summed E-state index contributed by atoms with van der Waals surface area (Å²) in [5.74, 6) is 1.33. The summed E-state index contributed by atoms with van der Waals surface area (Å²) in [5, 5.41) is 0. The first-order valence-electron chi connectivity index (χ1n) is 7.01. The molecule has 0 bridgehead atoms. The van der Waals surface area contributed by atoms with Crippen LogP contribution in [-0.4, -0.2) is 35.4 Å². The molecule has 0 saturated heterocycles. The lowest BCUT2D eigenvalue weighted by molar-refractivity contribution is 0.0222. The largest absolute Gasteiger partial charge is 0.444 e. The smallest absolute Gasteiger partial charge is 0.410 e. The van der Waals surface area contributed by atoms with Crippen LogP contribution in [0.5, 0.6) is 0 Å². The third kappa shape index (κ3) is 5.98. The number of rotatable bonds is 4. The average Bonchev–Trinajstić information content (AvgIpc) is 2.27. The molecular formula is C14H27NO2S. The van der Waals surface area contributed by atoms with Crippen LogP contribution in [0.15, 0.2) is 0 Å². The molecule has 18 heavy (non-hydrogen) atoms. The molecule has 0 spiro atoms. The summed E-state index contributed by atoms with van der Waals surface area (Å²) >= 11 is 4.23. The molecule has 0 aromatic carbocycles. The Hall–Kier alpha value is -0.380. The predicted octanol–water partition coefficient (Wildman–Crippen LogP) is 3.73. The van der Waals surface area contributed by atoms with Gasteiger partial charge in [-0.3, -0.25) is 0 Å². The molecule has 106 valence electrons. The highest BCUT2D eigenvalue weighted by Gasteiger charge is 2.24. The second-order valence-electron chi connectivity index (χ2n) is 6.15. The molecule has 1 aliphatic carbocycles. The van der Waals surface area contributed by atoms with E-state index in [1.165, 1.54) is 32.1 Å². The zero-order chi connectivity index (χ0) is 13.6. The Morgan fingerprint density at radius 3 is 2.39 bits per heavy atom. The maximum atomic E-state index is 12.1. The fourth-order valence-corrected chi connectivity index (χ4v) is 2.63. The normalized spacial score (nSPS) is 17.6. The van der Waals surface area contributed by atoms with Crippen molar-refractivity contribution in [1.82, 2.24) is 4.90 Å². The van der Waals surface area contributed by atoms with Crippen molar-refractivity contribution < 1.29 is 9.53 Å². The van der Waals surface area contributed by atoms with Crippen molar-refractivity contribution in [3.8, 4) is 0 Å². The maximum Gasteiger partial charge on any atom is 0.410 e. The minimum atomic E-state index is -0.418. The van der Waals surface area contributed by atoms with Crippen molar-refractivity contribution in [2.24, 2.45) is 5.92 Å². The molecule has 1 aliphatic rings. The van der Waals surface area contributed by atoms with Crippen LogP contribution in [0.25, 0.3) is 0 Å². The summed E-state index contributed by atoms with van der Waals surface area (Å²) in [4.78, 5) is 13.9. The van der Waals surface area contributed by atoms with E-state index >= 15 is 0 Å². The molecule has 1 amide bonds. The molecule has 3 nitrogen and oxygen atoms in total. The third-order valence-electron chi connectivity index (χ3n) is 3.22. The van der Waals surface area contributed by atoms with Crippen LogP contribution in [0.4, 0.5) is 4.79 Å². The number of carbonyl (C=O) groups excluding carboxylic acids is 1. The average molecular weight is 273 g/mol. The first-order chi connectivity index (χ1) is 8.42. The third-order valence-corrected chi connectivity index (χ3v) is 3.42. The zero-order valence-corrected chi connectivity index (χ0v) is 12.8. The Labute approximate surface area is 117 Å². The van der Waals surface area contributed by atoms with E-state index < -0.39 is 5.60 Å². The lowest BCUT2D eigenvalue weighted by Gasteiger charge is -2.31. The Morgan fingerprint density at radius 2 is 1.89 bits per heavy atom. The maximum absolute atomic E-state index is 12.1. The van der Waals surface area contributed by atoms with E-state index in [9.17, 15) is 4.79 Å². The van der Waals surface area contributed by atoms with Gasteiger partial charge in [-0.2, -0.15) is 12.6 Å². The van der Waals surface area contributed by atoms with Gasteiger partial charge in [-0.25, -0.2) is 4.79 Å². The molecule has 0 aromatic heterocycles. The first-order valence-corrected chi connectivity index (χ1v) is 7.64. The Morgan fingerprint density at radius 1 is 1.28 bits per heavy atom. The molecular weight excluding hydrogens is 246 g/mol. The summed E-state index contributed by atoms with van der Waals surface area (Å²) in [6, 6.07) is 0. The van der Waals surface area contributed by atoms with E-state index in [-0.39, 0.29) is 6.09 Å². The fourth-order valence-electron chi connectivity index (χ4n) is 2.39. The van der Waals surface area contributed by atoms with Crippen LogP contribution in [0, 0.1) is 5.92 Å². The summed E-state index contributed by atoms with van der Waals surface area (Å²) in [7, 11) is 0. The number of amides is 1. The van der Waals surface area contributed by atoms with Crippen LogP contribution in [-0.2, 0) is 4.74 Å². The van der Waals surface area contributed by atoms with Crippen LogP contribution < -0.4 is 0 Å². The van der Waals surface area contributed by atoms with Crippen molar-refractivity contribution in [2.75, 3.05) is 18.8 Å². The number of hydrogen-bond donors (Lipinski definition) is 1. The Kier molecular flexibility index (Phi) is 6.33. The highest BCUT2D eigenvalue weighted by molar-refractivity contribution is 7.80. The van der Waals surface area contributed by atoms with Gasteiger partial charge in [0.1, 0.15) is 5.60 Å². The van der Waals surface area contributed by atoms with Gasteiger partial charge in [-0.1, -0.05) is 19.3 Å². The standard InChI is InChI=1S/C14H27NO2S/c1-14(2,3)17-13(16)15(9-10-18)11-12-7-5-4-6-8-12/h12,18H,4-11H2,1-3H3. The van der Waals surface area contributed by atoms with Gasteiger partial charge in [-0.05, 0) is 39.5 Å². The van der Waals surface area contributed by atoms with Crippen LogP contribution >= 0.6 is 12.6 Å². The van der Waals surface area contributed by atoms with Gasteiger partial charge < -0.3 is 9.64 Å². The van der Waals surface area contributed by atoms with E-state index in [2.05, 4.69) is 12.6 Å². The Bertz CT molecular complexity index is 257. The second kappa shape index (κ2) is 7.27. The quantitative estimate of drug-likeness (QED) is 0.791. The number of carbonyl (C=O) groups is 1. The van der Waals surface area contributed by atoms with E-state index in [0.717, 1.165) is 6.54 Å². The predicted molar refractivity (Wildman–Crippen MR) is 78.2 cm³/mol. The van der Waals surface area contributed by atoms with E-state index in [4.69, 9.17) is 4.74 Å². The minimum Gasteiger partial charge on any atom is -0.444 e. The van der Waals surface area contributed by atoms with E-state index in [1.807, 2.05) is 25.7 Å². The molecule has 0 aliphatic heterocycles. The summed E-state index contributed by atoms with van der Waals surface area (Å²) in [6.07, 6.45) is 6.23. The number of hydrogen-bond acceptors (Lipinski definition) is 3. The van der Waals surface area contributed by atoms with Crippen molar-refractivity contribution in [2.45, 2.75) is 58.5 Å². The monoisotopic (exact) mass is 273 g/mol. The summed E-state index contributed by atoms with van der Waals surface area (Å²) < 4.78 is 5.45. The van der Waals surface area contributed by atoms with Crippen LogP contribution in [0.3, 0.4) is 0 Å². The van der Waals surface area contributed by atoms with Crippen molar-refractivity contribution in [3.05, 3.63) is 0 Å². The number of nitrogens with zero attached hydrogens (tertiary/aromatic N) is 1. The molecule has 0 aromatic rings.